The van der Waals surface area contributed by atoms with Gasteiger partial charge in [0.05, 0.1) is 6.54 Å². The fraction of sp³-hybridized carbons (Fsp3) is 0.588. The second kappa shape index (κ2) is 11.1. The predicted octanol–water partition coefficient (Wildman–Crippen LogP) is 3.28. The van der Waals surface area contributed by atoms with E-state index in [-0.39, 0.29) is 24.0 Å². The van der Waals surface area contributed by atoms with E-state index in [1.54, 1.807) is 0 Å². The maximum Gasteiger partial charge on any atom is 0.188 e. The SMILES string of the molecule is CCN1CCCC1CN=C(N)NCCCc1ccc(Cl)cc1.I. The molecule has 2 rings (SSSR count). The summed E-state index contributed by atoms with van der Waals surface area (Å²) in [6, 6.07) is 8.57. The monoisotopic (exact) mass is 450 g/mol. The van der Waals surface area contributed by atoms with Crippen LogP contribution >= 0.6 is 35.6 Å². The van der Waals surface area contributed by atoms with Gasteiger partial charge < -0.3 is 11.1 Å². The molecular formula is C17H28ClIN4. The van der Waals surface area contributed by atoms with E-state index < -0.39 is 0 Å². The van der Waals surface area contributed by atoms with Gasteiger partial charge in [0, 0.05) is 17.6 Å². The number of hydrogen-bond acceptors (Lipinski definition) is 2. The van der Waals surface area contributed by atoms with Gasteiger partial charge in [-0.15, -0.1) is 24.0 Å². The van der Waals surface area contributed by atoms with Crippen LogP contribution in [0.15, 0.2) is 29.3 Å². The molecule has 1 aliphatic heterocycles. The minimum absolute atomic E-state index is 0. The summed E-state index contributed by atoms with van der Waals surface area (Å²) < 4.78 is 0. The zero-order valence-electron chi connectivity index (χ0n) is 13.8. The second-order valence-corrected chi connectivity index (χ2v) is 6.24. The Morgan fingerprint density at radius 2 is 2.13 bits per heavy atom. The van der Waals surface area contributed by atoms with E-state index in [0.717, 1.165) is 37.5 Å². The number of benzene rings is 1. The van der Waals surface area contributed by atoms with Gasteiger partial charge in [0.15, 0.2) is 5.96 Å². The number of nitrogens with zero attached hydrogens (tertiary/aromatic N) is 2. The number of aryl methyl sites for hydroxylation is 1. The molecule has 1 aliphatic rings. The Balaban J connectivity index is 0.00000264. The Morgan fingerprint density at radius 3 is 2.83 bits per heavy atom. The summed E-state index contributed by atoms with van der Waals surface area (Å²) >= 11 is 5.88. The summed E-state index contributed by atoms with van der Waals surface area (Å²) in [5.41, 5.74) is 7.24. The molecule has 0 spiro atoms. The number of hydrogen-bond donors (Lipinski definition) is 2. The lowest BCUT2D eigenvalue weighted by Crippen LogP contribution is -2.36. The van der Waals surface area contributed by atoms with E-state index >= 15 is 0 Å². The van der Waals surface area contributed by atoms with Crippen molar-refractivity contribution in [2.45, 2.75) is 38.6 Å². The average molecular weight is 451 g/mol. The molecule has 0 saturated carbocycles. The molecule has 0 amide bonds. The lowest BCUT2D eigenvalue weighted by molar-refractivity contribution is 0.273. The first-order valence-corrected chi connectivity index (χ1v) is 8.59. The molecule has 1 fully saturated rings. The normalized spacial score (nSPS) is 18.7. The van der Waals surface area contributed by atoms with Gasteiger partial charge in [-0.05, 0) is 56.5 Å². The summed E-state index contributed by atoms with van der Waals surface area (Å²) in [4.78, 5) is 6.97. The highest BCUT2D eigenvalue weighted by atomic mass is 127. The molecule has 23 heavy (non-hydrogen) atoms. The van der Waals surface area contributed by atoms with Crippen molar-refractivity contribution >= 4 is 41.5 Å². The van der Waals surface area contributed by atoms with Crippen LogP contribution < -0.4 is 11.1 Å². The van der Waals surface area contributed by atoms with Crippen LogP contribution in [0.3, 0.4) is 0 Å². The van der Waals surface area contributed by atoms with Crippen LogP contribution in [0, 0.1) is 0 Å². The molecule has 130 valence electrons. The quantitative estimate of drug-likeness (QED) is 0.290. The highest BCUT2D eigenvalue weighted by molar-refractivity contribution is 14.0. The largest absolute Gasteiger partial charge is 0.370 e. The highest BCUT2D eigenvalue weighted by Crippen LogP contribution is 2.16. The smallest absolute Gasteiger partial charge is 0.188 e. The predicted molar refractivity (Wildman–Crippen MR) is 110 cm³/mol. The van der Waals surface area contributed by atoms with Crippen molar-refractivity contribution < 1.29 is 0 Å². The third kappa shape index (κ3) is 7.27. The lowest BCUT2D eigenvalue weighted by atomic mass is 10.1. The van der Waals surface area contributed by atoms with Crippen molar-refractivity contribution in [3.63, 3.8) is 0 Å². The Bertz CT molecular complexity index is 478. The van der Waals surface area contributed by atoms with Crippen molar-refractivity contribution in [2.75, 3.05) is 26.2 Å². The first kappa shape index (κ1) is 20.5. The van der Waals surface area contributed by atoms with Crippen LogP contribution in [0.5, 0.6) is 0 Å². The molecule has 0 aliphatic carbocycles. The molecule has 0 bridgehead atoms. The fourth-order valence-corrected chi connectivity index (χ4v) is 3.06. The van der Waals surface area contributed by atoms with E-state index in [9.17, 15) is 0 Å². The number of aliphatic imine (C=N–C) groups is 1. The van der Waals surface area contributed by atoms with Gasteiger partial charge in [0.1, 0.15) is 0 Å². The molecule has 1 unspecified atom stereocenters. The molecule has 1 atom stereocenters. The number of nitrogens with two attached hydrogens (primary N) is 1. The third-order valence-corrected chi connectivity index (χ3v) is 4.49. The van der Waals surface area contributed by atoms with Gasteiger partial charge in [-0.3, -0.25) is 9.89 Å². The summed E-state index contributed by atoms with van der Waals surface area (Å²) in [6.07, 6.45) is 4.57. The fourth-order valence-electron chi connectivity index (χ4n) is 2.94. The highest BCUT2D eigenvalue weighted by Gasteiger charge is 2.22. The Morgan fingerprint density at radius 1 is 1.39 bits per heavy atom. The van der Waals surface area contributed by atoms with Gasteiger partial charge in [0.25, 0.3) is 0 Å². The average Bonchev–Trinajstić information content (AvgIpc) is 2.99. The van der Waals surface area contributed by atoms with Gasteiger partial charge in [-0.1, -0.05) is 30.7 Å². The zero-order valence-corrected chi connectivity index (χ0v) is 16.9. The summed E-state index contributed by atoms with van der Waals surface area (Å²) in [5.74, 6) is 0.569. The number of likely N-dealkylation sites (N-methyl/N-ethyl adjacent to an activating group) is 1. The van der Waals surface area contributed by atoms with Gasteiger partial charge >= 0.3 is 0 Å². The van der Waals surface area contributed by atoms with Gasteiger partial charge in [-0.25, -0.2) is 0 Å². The number of guanidine groups is 1. The maximum absolute atomic E-state index is 5.94. The zero-order chi connectivity index (χ0) is 15.8. The first-order chi connectivity index (χ1) is 10.7. The Hall–Kier alpha value is -0.530. The Labute approximate surface area is 161 Å². The molecule has 0 aromatic heterocycles. The van der Waals surface area contributed by atoms with E-state index in [4.69, 9.17) is 17.3 Å². The summed E-state index contributed by atoms with van der Waals surface area (Å²) in [7, 11) is 0. The molecule has 1 aromatic carbocycles. The van der Waals surface area contributed by atoms with Crippen molar-refractivity contribution in [3.05, 3.63) is 34.9 Å². The van der Waals surface area contributed by atoms with Crippen LogP contribution in [0.25, 0.3) is 0 Å². The summed E-state index contributed by atoms with van der Waals surface area (Å²) in [6.45, 7) is 6.17. The van der Waals surface area contributed by atoms with E-state index in [0.29, 0.717) is 12.0 Å². The van der Waals surface area contributed by atoms with E-state index in [1.807, 2.05) is 12.1 Å². The lowest BCUT2D eigenvalue weighted by Gasteiger charge is -2.20. The summed E-state index contributed by atoms with van der Waals surface area (Å²) in [5, 5.41) is 3.99. The van der Waals surface area contributed by atoms with Crippen molar-refractivity contribution in [3.8, 4) is 0 Å². The molecule has 1 aromatic rings. The van der Waals surface area contributed by atoms with Crippen LogP contribution in [0.4, 0.5) is 0 Å². The van der Waals surface area contributed by atoms with E-state index in [2.05, 4.69) is 34.3 Å². The maximum atomic E-state index is 5.94. The minimum atomic E-state index is 0. The van der Waals surface area contributed by atoms with Gasteiger partial charge in [-0.2, -0.15) is 0 Å². The van der Waals surface area contributed by atoms with Crippen molar-refractivity contribution in [2.24, 2.45) is 10.7 Å². The van der Waals surface area contributed by atoms with Crippen molar-refractivity contribution in [1.82, 2.24) is 10.2 Å². The Kier molecular flexibility index (Phi) is 9.90. The van der Waals surface area contributed by atoms with Crippen LogP contribution in [-0.4, -0.2) is 43.1 Å². The standard InChI is InChI=1S/C17H27ClN4.HI/c1-2-22-12-4-6-16(22)13-21-17(19)20-11-3-5-14-7-9-15(18)10-8-14;/h7-10,16H,2-6,11-13H2,1H3,(H3,19,20,21);1H. The number of likely N-dealkylation sites (tertiary alicyclic amines) is 1. The number of rotatable bonds is 7. The molecular weight excluding hydrogens is 423 g/mol. The first-order valence-electron chi connectivity index (χ1n) is 8.21. The van der Waals surface area contributed by atoms with Gasteiger partial charge in [0.2, 0.25) is 0 Å². The van der Waals surface area contributed by atoms with E-state index in [1.165, 1.54) is 24.9 Å². The minimum Gasteiger partial charge on any atom is -0.370 e. The van der Waals surface area contributed by atoms with Crippen LogP contribution in [0.2, 0.25) is 5.02 Å². The molecule has 1 saturated heterocycles. The van der Waals surface area contributed by atoms with Crippen LogP contribution in [-0.2, 0) is 6.42 Å². The molecule has 1 heterocycles. The molecule has 3 N–H and O–H groups in total. The molecule has 4 nitrogen and oxygen atoms in total. The van der Waals surface area contributed by atoms with Crippen LogP contribution in [0.1, 0.15) is 31.7 Å². The second-order valence-electron chi connectivity index (χ2n) is 5.81. The topological polar surface area (TPSA) is 53.6 Å². The third-order valence-electron chi connectivity index (χ3n) is 4.24. The number of halogens is 2. The number of nitrogens with one attached hydrogen (secondary N) is 1. The molecule has 0 radical (unpaired) electrons. The van der Waals surface area contributed by atoms with Crippen molar-refractivity contribution in [1.29, 1.82) is 0 Å². The molecule has 6 heteroatoms.